The van der Waals surface area contributed by atoms with E-state index in [2.05, 4.69) is 10.3 Å². The van der Waals surface area contributed by atoms with Gasteiger partial charge in [-0.1, -0.05) is 0 Å². The first-order valence-corrected chi connectivity index (χ1v) is 10.1. The molecule has 0 bridgehead atoms. The number of amides is 1. The van der Waals surface area contributed by atoms with Gasteiger partial charge in [0.05, 0.1) is 15.8 Å². The van der Waals surface area contributed by atoms with Crippen LogP contribution in [0, 0.1) is 12.7 Å². The highest BCUT2D eigenvalue weighted by molar-refractivity contribution is 7.21. The maximum absolute atomic E-state index is 13.4. The first-order chi connectivity index (χ1) is 13.3. The molecular formula is C21H25FN4OS. The fourth-order valence-corrected chi connectivity index (χ4v) is 3.92. The van der Waals surface area contributed by atoms with Crippen LogP contribution in [0.2, 0.25) is 0 Å². The number of carbonyl (C=O) groups is 1. The lowest BCUT2D eigenvalue weighted by Crippen LogP contribution is -2.48. The number of fused-ring (bicyclic) bond motifs is 1. The minimum absolute atomic E-state index is 0.212. The third-order valence-corrected chi connectivity index (χ3v) is 5.83. The van der Waals surface area contributed by atoms with Crippen molar-refractivity contribution in [2.45, 2.75) is 38.6 Å². The van der Waals surface area contributed by atoms with Crippen LogP contribution in [0.15, 0.2) is 36.4 Å². The van der Waals surface area contributed by atoms with E-state index < -0.39 is 5.54 Å². The highest BCUT2D eigenvalue weighted by Crippen LogP contribution is 2.32. The average Bonchev–Trinajstić information content (AvgIpc) is 3.06. The molecule has 1 atom stereocenters. The molecule has 5 N–H and O–H groups in total. The Kier molecular flexibility index (Phi) is 6.07. The van der Waals surface area contributed by atoms with Crippen molar-refractivity contribution in [3.63, 3.8) is 0 Å². The third kappa shape index (κ3) is 4.55. The van der Waals surface area contributed by atoms with Crippen LogP contribution in [0.3, 0.4) is 0 Å². The molecule has 0 radical (unpaired) electrons. The molecule has 0 unspecified atom stereocenters. The Hall–Kier alpha value is -2.35. The summed E-state index contributed by atoms with van der Waals surface area (Å²) in [6.45, 7) is 4.26. The number of hydrogen-bond donors (Lipinski definition) is 3. The molecule has 1 heterocycles. The van der Waals surface area contributed by atoms with Crippen molar-refractivity contribution in [3.8, 4) is 10.6 Å². The van der Waals surface area contributed by atoms with Crippen molar-refractivity contribution in [3.05, 3.63) is 47.8 Å². The van der Waals surface area contributed by atoms with Gasteiger partial charge in [-0.15, -0.1) is 11.3 Å². The quantitative estimate of drug-likeness (QED) is 0.518. The maximum atomic E-state index is 13.4. The van der Waals surface area contributed by atoms with E-state index in [1.165, 1.54) is 23.5 Å². The normalized spacial score (nSPS) is 13.5. The predicted molar refractivity (Wildman–Crippen MR) is 114 cm³/mol. The van der Waals surface area contributed by atoms with Crippen molar-refractivity contribution in [2.24, 2.45) is 11.5 Å². The van der Waals surface area contributed by atoms with Crippen molar-refractivity contribution in [1.29, 1.82) is 0 Å². The SMILES string of the molecule is Cc1cc(-c2nc3cc(F)ccc3s2)ccc1NC(=O)[C@@](C)(N)CCCCN. The number of aromatic nitrogens is 1. The first kappa shape index (κ1) is 20.4. The van der Waals surface area contributed by atoms with Gasteiger partial charge in [0.25, 0.3) is 0 Å². The van der Waals surface area contributed by atoms with Gasteiger partial charge in [-0.2, -0.15) is 0 Å². The van der Waals surface area contributed by atoms with Crippen LogP contribution in [0.4, 0.5) is 10.1 Å². The molecule has 28 heavy (non-hydrogen) atoms. The second-order valence-electron chi connectivity index (χ2n) is 7.28. The summed E-state index contributed by atoms with van der Waals surface area (Å²) in [7, 11) is 0. The molecule has 3 aromatic rings. The van der Waals surface area contributed by atoms with Gasteiger partial charge >= 0.3 is 0 Å². The second-order valence-corrected chi connectivity index (χ2v) is 8.31. The van der Waals surface area contributed by atoms with Gasteiger partial charge in [0.15, 0.2) is 0 Å². The topological polar surface area (TPSA) is 94.0 Å². The smallest absolute Gasteiger partial charge is 0.244 e. The Morgan fingerprint density at radius 2 is 2.04 bits per heavy atom. The van der Waals surface area contributed by atoms with Crippen LogP contribution in [0.25, 0.3) is 20.8 Å². The Bertz CT molecular complexity index is 999. The number of unbranched alkanes of at least 4 members (excludes halogenated alkanes) is 1. The van der Waals surface area contributed by atoms with Gasteiger partial charge in [0.2, 0.25) is 5.91 Å². The number of nitrogens with two attached hydrogens (primary N) is 2. The summed E-state index contributed by atoms with van der Waals surface area (Å²) in [6, 6.07) is 10.3. The Morgan fingerprint density at radius 3 is 2.75 bits per heavy atom. The van der Waals surface area contributed by atoms with Gasteiger partial charge in [0, 0.05) is 17.3 Å². The summed E-state index contributed by atoms with van der Waals surface area (Å²) >= 11 is 1.51. The zero-order chi connectivity index (χ0) is 20.3. The number of benzene rings is 2. The highest BCUT2D eigenvalue weighted by Gasteiger charge is 2.28. The third-order valence-electron chi connectivity index (χ3n) is 4.74. The number of anilines is 1. The zero-order valence-electron chi connectivity index (χ0n) is 16.1. The van der Waals surface area contributed by atoms with E-state index in [1.54, 1.807) is 13.0 Å². The van der Waals surface area contributed by atoms with E-state index in [-0.39, 0.29) is 11.7 Å². The Morgan fingerprint density at radius 1 is 1.25 bits per heavy atom. The summed E-state index contributed by atoms with van der Waals surface area (Å²) in [5.41, 5.74) is 13.9. The van der Waals surface area contributed by atoms with Crippen molar-refractivity contribution in [1.82, 2.24) is 4.98 Å². The molecule has 7 heteroatoms. The molecule has 0 spiro atoms. The molecule has 0 saturated carbocycles. The summed E-state index contributed by atoms with van der Waals surface area (Å²) in [5.74, 6) is -0.509. The average molecular weight is 401 g/mol. The van der Waals surface area contributed by atoms with E-state index in [0.29, 0.717) is 18.5 Å². The zero-order valence-corrected chi connectivity index (χ0v) is 16.9. The number of hydrogen-bond acceptors (Lipinski definition) is 5. The number of halogens is 1. The second kappa shape index (κ2) is 8.34. The van der Waals surface area contributed by atoms with E-state index in [0.717, 1.165) is 39.4 Å². The summed E-state index contributed by atoms with van der Waals surface area (Å²) in [6.07, 6.45) is 2.24. The molecule has 3 rings (SSSR count). The molecule has 5 nitrogen and oxygen atoms in total. The predicted octanol–water partition coefficient (Wildman–Crippen LogP) is 4.20. The molecule has 0 fully saturated rings. The number of carbonyl (C=O) groups excluding carboxylic acids is 1. The molecule has 1 amide bonds. The molecule has 0 saturated heterocycles. The minimum Gasteiger partial charge on any atom is -0.330 e. The molecule has 0 aliphatic rings. The van der Waals surface area contributed by atoms with Crippen molar-refractivity contribution >= 4 is 33.1 Å². The highest BCUT2D eigenvalue weighted by atomic mass is 32.1. The Balaban J connectivity index is 1.77. The molecule has 2 aromatic carbocycles. The van der Waals surface area contributed by atoms with Crippen LogP contribution < -0.4 is 16.8 Å². The van der Waals surface area contributed by atoms with E-state index in [9.17, 15) is 9.18 Å². The van der Waals surface area contributed by atoms with Crippen LogP contribution in [-0.4, -0.2) is 23.0 Å². The Labute approximate surface area is 168 Å². The van der Waals surface area contributed by atoms with Crippen molar-refractivity contribution < 1.29 is 9.18 Å². The monoisotopic (exact) mass is 400 g/mol. The van der Waals surface area contributed by atoms with Crippen LogP contribution in [-0.2, 0) is 4.79 Å². The molecule has 0 aliphatic heterocycles. The van der Waals surface area contributed by atoms with E-state index >= 15 is 0 Å². The maximum Gasteiger partial charge on any atom is 0.244 e. The van der Waals surface area contributed by atoms with E-state index in [4.69, 9.17) is 11.5 Å². The standard InChI is InChI=1S/C21H25FN4OS/c1-13-11-14(19-25-17-12-15(22)6-8-18(17)28-19)5-7-16(13)26-20(27)21(2,24)9-3-4-10-23/h5-8,11-12H,3-4,9-10,23-24H2,1-2H3,(H,26,27)/t21-/m0/s1. The van der Waals surface area contributed by atoms with Crippen LogP contribution >= 0.6 is 11.3 Å². The van der Waals surface area contributed by atoms with Gasteiger partial charge < -0.3 is 16.8 Å². The lowest BCUT2D eigenvalue weighted by molar-refractivity contribution is -0.120. The molecular weight excluding hydrogens is 375 g/mol. The number of rotatable bonds is 7. The van der Waals surface area contributed by atoms with Crippen LogP contribution in [0.5, 0.6) is 0 Å². The van der Waals surface area contributed by atoms with Gasteiger partial charge in [-0.05, 0) is 75.5 Å². The lowest BCUT2D eigenvalue weighted by Gasteiger charge is -2.24. The number of aryl methyl sites for hydroxylation is 1. The lowest BCUT2D eigenvalue weighted by atomic mass is 9.94. The first-order valence-electron chi connectivity index (χ1n) is 9.28. The summed E-state index contributed by atoms with van der Waals surface area (Å²) in [4.78, 5) is 17.1. The van der Waals surface area contributed by atoms with Crippen LogP contribution in [0.1, 0.15) is 31.7 Å². The summed E-state index contributed by atoms with van der Waals surface area (Å²) < 4.78 is 14.3. The van der Waals surface area contributed by atoms with Gasteiger partial charge in [-0.25, -0.2) is 9.37 Å². The van der Waals surface area contributed by atoms with Gasteiger partial charge in [0.1, 0.15) is 10.8 Å². The fourth-order valence-electron chi connectivity index (χ4n) is 2.98. The largest absolute Gasteiger partial charge is 0.330 e. The number of nitrogens with one attached hydrogen (secondary N) is 1. The number of thiazole rings is 1. The van der Waals surface area contributed by atoms with Gasteiger partial charge in [-0.3, -0.25) is 4.79 Å². The van der Waals surface area contributed by atoms with Crippen molar-refractivity contribution in [2.75, 3.05) is 11.9 Å². The fraction of sp³-hybridized carbons (Fsp3) is 0.333. The summed E-state index contributed by atoms with van der Waals surface area (Å²) in [5, 5.41) is 3.74. The molecule has 148 valence electrons. The minimum atomic E-state index is -0.947. The molecule has 1 aromatic heterocycles. The van der Waals surface area contributed by atoms with E-state index in [1.807, 2.05) is 25.1 Å². The number of nitrogens with zero attached hydrogens (tertiary/aromatic N) is 1. The molecule has 0 aliphatic carbocycles.